The Morgan fingerprint density at radius 3 is 2.30 bits per heavy atom. The van der Waals surface area contributed by atoms with Gasteiger partial charge in [-0.25, -0.2) is 13.6 Å². The summed E-state index contributed by atoms with van der Waals surface area (Å²) in [7, 11) is -3.67. The van der Waals surface area contributed by atoms with E-state index in [0.29, 0.717) is 5.11 Å². The number of para-hydroxylation sites is 1. The van der Waals surface area contributed by atoms with Gasteiger partial charge in [-0.05, 0) is 55.4 Å². The molecule has 1 atom stereocenters. The Kier molecular flexibility index (Phi) is 5.35. The number of aryl methyl sites for hydroxylation is 1. The van der Waals surface area contributed by atoms with Gasteiger partial charge in [-0.2, -0.15) is 0 Å². The molecule has 0 saturated carbocycles. The summed E-state index contributed by atoms with van der Waals surface area (Å²) in [4.78, 5) is 0.0917. The van der Waals surface area contributed by atoms with Crippen LogP contribution in [0.4, 0.5) is 5.69 Å². The van der Waals surface area contributed by atoms with E-state index in [0.717, 1.165) is 16.8 Å². The Bertz CT molecular complexity index is 802. The van der Waals surface area contributed by atoms with Crippen molar-refractivity contribution in [2.45, 2.75) is 24.8 Å². The van der Waals surface area contributed by atoms with E-state index >= 15 is 0 Å². The fraction of sp³-hybridized carbons (Fsp3) is 0.188. The number of primary sulfonamides is 1. The van der Waals surface area contributed by atoms with Crippen LogP contribution in [0.15, 0.2) is 53.4 Å². The molecule has 5 nitrogen and oxygen atoms in total. The molecule has 0 aliphatic heterocycles. The molecule has 2 rings (SSSR count). The minimum absolute atomic E-state index is 0.0754. The predicted molar refractivity (Wildman–Crippen MR) is 96.8 cm³/mol. The van der Waals surface area contributed by atoms with Gasteiger partial charge in [0.25, 0.3) is 0 Å². The molecule has 0 aliphatic carbocycles. The maximum Gasteiger partial charge on any atom is 0.238 e. The molecule has 0 aliphatic rings. The lowest BCUT2D eigenvalue weighted by Gasteiger charge is -2.18. The number of nitrogens with two attached hydrogens (primary N) is 1. The van der Waals surface area contributed by atoms with E-state index in [1.807, 2.05) is 38.1 Å². The number of anilines is 1. The van der Waals surface area contributed by atoms with Crippen molar-refractivity contribution in [3.05, 3.63) is 59.7 Å². The van der Waals surface area contributed by atoms with Gasteiger partial charge in [0.15, 0.2) is 5.11 Å². The monoisotopic (exact) mass is 349 g/mol. The van der Waals surface area contributed by atoms with Crippen LogP contribution in [-0.4, -0.2) is 13.5 Å². The fourth-order valence-electron chi connectivity index (χ4n) is 2.10. The predicted octanol–water partition coefficient (Wildman–Crippen LogP) is 2.69. The zero-order valence-electron chi connectivity index (χ0n) is 12.9. The van der Waals surface area contributed by atoms with Crippen LogP contribution in [-0.2, 0) is 10.0 Å². The molecule has 23 heavy (non-hydrogen) atoms. The molecule has 0 radical (unpaired) electrons. The molecule has 0 amide bonds. The van der Waals surface area contributed by atoms with Crippen molar-refractivity contribution in [3.8, 4) is 0 Å². The first-order valence-electron chi connectivity index (χ1n) is 7.03. The van der Waals surface area contributed by atoms with Crippen LogP contribution >= 0.6 is 12.2 Å². The van der Waals surface area contributed by atoms with Crippen molar-refractivity contribution in [3.63, 3.8) is 0 Å². The Labute approximate surface area is 142 Å². The van der Waals surface area contributed by atoms with Gasteiger partial charge in [0.05, 0.1) is 10.9 Å². The van der Waals surface area contributed by atoms with Crippen LogP contribution in [0.2, 0.25) is 0 Å². The highest BCUT2D eigenvalue weighted by Gasteiger charge is 2.11. The van der Waals surface area contributed by atoms with Crippen LogP contribution in [0.5, 0.6) is 0 Å². The van der Waals surface area contributed by atoms with Crippen LogP contribution in [0, 0.1) is 6.92 Å². The van der Waals surface area contributed by atoms with Crippen molar-refractivity contribution in [2.24, 2.45) is 5.14 Å². The largest absolute Gasteiger partial charge is 0.356 e. The van der Waals surface area contributed by atoms with Gasteiger partial charge in [-0.3, -0.25) is 0 Å². The third kappa shape index (κ3) is 4.75. The van der Waals surface area contributed by atoms with Gasteiger partial charge in [-0.15, -0.1) is 0 Å². The summed E-state index contributed by atoms with van der Waals surface area (Å²) in [6.07, 6.45) is 0. The Hall–Kier alpha value is -1.96. The quantitative estimate of drug-likeness (QED) is 0.739. The number of thiocarbonyl (C=S) groups is 1. The zero-order valence-corrected chi connectivity index (χ0v) is 14.5. The van der Waals surface area contributed by atoms with E-state index in [1.165, 1.54) is 12.1 Å². The van der Waals surface area contributed by atoms with E-state index in [9.17, 15) is 8.42 Å². The van der Waals surface area contributed by atoms with Gasteiger partial charge in [-0.1, -0.05) is 30.3 Å². The topological polar surface area (TPSA) is 84.2 Å². The molecule has 2 aromatic rings. The molecule has 122 valence electrons. The maximum atomic E-state index is 11.3. The lowest BCUT2D eigenvalue weighted by Crippen LogP contribution is -2.31. The molecule has 0 bridgehead atoms. The van der Waals surface area contributed by atoms with E-state index in [2.05, 4.69) is 10.6 Å². The Balaban J connectivity index is 2.02. The molecule has 4 N–H and O–H groups in total. The summed E-state index contributed by atoms with van der Waals surface area (Å²) < 4.78 is 22.5. The van der Waals surface area contributed by atoms with Gasteiger partial charge in [0, 0.05) is 5.69 Å². The third-order valence-corrected chi connectivity index (χ3v) is 4.60. The second kappa shape index (κ2) is 7.08. The smallest absolute Gasteiger partial charge is 0.238 e. The first kappa shape index (κ1) is 17.4. The Morgan fingerprint density at radius 1 is 1.13 bits per heavy atom. The molecular formula is C16H19N3O2S2. The van der Waals surface area contributed by atoms with Crippen molar-refractivity contribution in [2.75, 3.05) is 5.32 Å². The van der Waals surface area contributed by atoms with Crippen molar-refractivity contribution in [1.29, 1.82) is 0 Å². The van der Waals surface area contributed by atoms with Gasteiger partial charge >= 0.3 is 0 Å². The first-order chi connectivity index (χ1) is 10.8. The lowest BCUT2D eigenvalue weighted by molar-refractivity contribution is 0.597. The summed E-state index contributed by atoms with van der Waals surface area (Å²) in [5.74, 6) is 0. The molecule has 0 heterocycles. The van der Waals surface area contributed by atoms with E-state index in [-0.39, 0.29) is 10.9 Å². The summed E-state index contributed by atoms with van der Waals surface area (Å²) in [6.45, 7) is 3.94. The lowest BCUT2D eigenvalue weighted by atomic mass is 10.1. The SMILES string of the molecule is Cc1ccccc1NC(=S)N[C@@H](C)c1ccc(S(N)(=O)=O)cc1. The third-order valence-electron chi connectivity index (χ3n) is 3.45. The average molecular weight is 349 g/mol. The molecule has 0 spiro atoms. The number of nitrogens with one attached hydrogen (secondary N) is 2. The van der Waals surface area contributed by atoms with Crippen molar-refractivity contribution >= 4 is 33.0 Å². The first-order valence-corrected chi connectivity index (χ1v) is 8.99. The second-order valence-corrected chi connectivity index (χ2v) is 7.22. The number of rotatable bonds is 4. The molecule has 0 fully saturated rings. The highest BCUT2D eigenvalue weighted by atomic mass is 32.2. The maximum absolute atomic E-state index is 11.3. The van der Waals surface area contributed by atoms with Crippen LogP contribution in [0.25, 0.3) is 0 Å². The molecule has 2 aromatic carbocycles. The standard InChI is InChI=1S/C16H19N3O2S2/c1-11-5-3-4-6-15(11)19-16(22)18-12(2)13-7-9-14(10-8-13)23(17,20)21/h3-10,12H,1-2H3,(H2,17,20,21)(H2,18,19,22)/t12-/m0/s1. The summed E-state index contributed by atoms with van der Waals surface area (Å²) in [6, 6.07) is 14.2. The normalized spacial score (nSPS) is 12.5. The number of hydrogen-bond acceptors (Lipinski definition) is 3. The highest BCUT2D eigenvalue weighted by molar-refractivity contribution is 7.89. The fourth-order valence-corrected chi connectivity index (χ4v) is 2.90. The molecule has 0 saturated heterocycles. The van der Waals surface area contributed by atoms with Gasteiger partial charge in [0.1, 0.15) is 0 Å². The van der Waals surface area contributed by atoms with E-state index in [4.69, 9.17) is 17.4 Å². The van der Waals surface area contributed by atoms with Crippen LogP contribution in [0.1, 0.15) is 24.1 Å². The summed E-state index contributed by atoms with van der Waals surface area (Å²) >= 11 is 5.32. The van der Waals surface area contributed by atoms with Crippen molar-refractivity contribution in [1.82, 2.24) is 5.32 Å². The number of hydrogen-bond donors (Lipinski definition) is 3. The minimum Gasteiger partial charge on any atom is -0.356 e. The highest BCUT2D eigenvalue weighted by Crippen LogP contribution is 2.17. The van der Waals surface area contributed by atoms with E-state index in [1.54, 1.807) is 12.1 Å². The van der Waals surface area contributed by atoms with E-state index < -0.39 is 10.0 Å². The number of benzene rings is 2. The van der Waals surface area contributed by atoms with Crippen molar-refractivity contribution < 1.29 is 8.42 Å². The minimum atomic E-state index is -3.67. The Morgan fingerprint density at radius 2 is 1.74 bits per heavy atom. The summed E-state index contributed by atoms with van der Waals surface area (Å²) in [5, 5.41) is 11.9. The molecule has 7 heteroatoms. The summed E-state index contributed by atoms with van der Waals surface area (Å²) in [5.41, 5.74) is 2.95. The molecule has 0 unspecified atom stereocenters. The number of sulfonamides is 1. The van der Waals surface area contributed by atoms with Gasteiger partial charge < -0.3 is 10.6 Å². The van der Waals surface area contributed by atoms with Crippen LogP contribution in [0.3, 0.4) is 0 Å². The molecular weight excluding hydrogens is 330 g/mol. The zero-order chi connectivity index (χ0) is 17.0. The second-order valence-electron chi connectivity index (χ2n) is 5.25. The van der Waals surface area contributed by atoms with Crippen LogP contribution < -0.4 is 15.8 Å². The van der Waals surface area contributed by atoms with Gasteiger partial charge in [0.2, 0.25) is 10.0 Å². The molecule has 0 aromatic heterocycles. The average Bonchev–Trinajstić information content (AvgIpc) is 2.49.